The van der Waals surface area contributed by atoms with Gasteiger partial charge in [-0.3, -0.25) is 9.59 Å². The van der Waals surface area contributed by atoms with Gasteiger partial charge in [-0.25, -0.2) is 0 Å². The number of carbonyl (C=O) groups excluding carboxylic acids is 2. The maximum absolute atomic E-state index is 13.6. The van der Waals surface area contributed by atoms with E-state index in [9.17, 15) is 9.59 Å². The predicted octanol–water partition coefficient (Wildman–Crippen LogP) is 4.95. The Morgan fingerprint density at radius 2 is 1.82 bits per heavy atom. The standard InChI is InChI=1S/C28H36N2O3/c1-18(2)29-27(31)20(4)33-24-13-12-21-14-15-30(28(32)22-9-5-6-10-22)26(25(21)17-24)23-11-7-8-19(3)16-23/h7-8,11-13,16-18,20,22,26H,5-6,9-10,14-15H2,1-4H3,(H,29,31). The highest BCUT2D eigenvalue weighted by molar-refractivity contribution is 5.81. The van der Waals surface area contributed by atoms with Crippen LogP contribution in [0.4, 0.5) is 0 Å². The van der Waals surface area contributed by atoms with Gasteiger partial charge in [0, 0.05) is 18.5 Å². The summed E-state index contributed by atoms with van der Waals surface area (Å²) >= 11 is 0. The maximum Gasteiger partial charge on any atom is 0.260 e. The molecule has 0 saturated heterocycles. The zero-order valence-corrected chi connectivity index (χ0v) is 20.3. The summed E-state index contributed by atoms with van der Waals surface area (Å²) < 4.78 is 6.03. The summed E-state index contributed by atoms with van der Waals surface area (Å²) in [6.07, 6.45) is 4.51. The lowest BCUT2D eigenvalue weighted by Crippen LogP contribution is -2.43. The van der Waals surface area contributed by atoms with Crippen LogP contribution in [0.1, 0.15) is 74.8 Å². The molecule has 2 amide bonds. The van der Waals surface area contributed by atoms with Gasteiger partial charge >= 0.3 is 0 Å². The number of ether oxygens (including phenoxy) is 1. The highest BCUT2D eigenvalue weighted by atomic mass is 16.5. The molecule has 2 aliphatic rings. The van der Waals surface area contributed by atoms with Crippen LogP contribution < -0.4 is 10.1 Å². The van der Waals surface area contributed by atoms with Gasteiger partial charge in [0.15, 0.2) is 6.10 Å². The van der Waals surface area contributed by atoms with Crippen molar-refractivity contribution < 1.29 is 14.3 Å². The second kappa shape index (κ2) is 9.98. The van der Waals surface area contributed by atoms with Crippen LogP contribution >= 0.6 is 0 Å². The molecule has 2 atom stereocenters. The van der Waals surface area contributed by atoms with E-state index in [2.05, 4.69) is 47.5 Å². The maximum atomic E-state index is 13.6. The van der Waals surface area contributed by atoms with E-state index in [4.69, 9.17) is 4.74 Å². The van der Waals surface area contributed by atoms with Crippen LogP contribution in [0.2, 0.25) is 0 Å². The van der Waals surface area contributed by atoms with E-state index in [1.807, 2.05) is 26.0 Å². The van der Waals surface area contributed by atoms with E-state index in [0.29, 0.717) is 5.75 Å². The molecule has 1 N–H and O–H groups in total. The van der Waals surface area contributed by atoms with Crippen LogP contribution in [0.25, 0.3) is 0 Å². The van der Waals surface area contributed by atoms with E-state index in [0.717, 1.165) is 49.8 Å². The minimum absolute atomic E-state index is 0.0629. The van der Waals surface area contributed by atoms with Crippen LogP contribution in [0.15, 0.2) is 42.5 Å². The molecule has 1 fully saturated rings. The summed E-state index contributed by atoms with van der Waals surface area (Å²) in [4.78, 5) is 28.0. The first-order valence-corrected chi connectivity index (χ1v) is 12.3. The molecule has 1 heterocycles. The lowest BCUT2D eigenvalue weighted by atomic mass is 9.86. The van der Waals surface area contributed by atoms with Crippen LogP contribution in [0.3, 0.4) is 0 Å². The molecule has 1 aliphatic carbocycles. The summed E-state index contributed by atoms with van der Waals surface area (Å²) in [6, 6.07) is 14.5. The Bertz CT molecular complexity index is 1010. The van der Waals surface area contributed by atoms with Crippen molar-refractivity contribution in [3.05, 3.63) is 64.7 Å². The molecule has 0 aromatic heterocycles. The molecule has 2 unspecified atom stereocenters. The number of carbonyl (C=O) groups is 2. The quantitative estimate of drug-likeness (QED) is 0.680. The number of amides is 2. The Hall–Kier alpha value is -2.82. The molecule has 5 nitrogen and oxygen atoms in total. The Labute approximate surface area is 197 Å². The second-order valence-corrected chi connectivity index (χ2v) is 9.86. The van der Waals surface area contributed by atoms with Crippen molar-refractivity contribution in [2.45, 2.75) is 78.0 Å². The Morgan fingerprint density at radius 1 is 1.06 bits per heavy atom. The molecule has 2 aromatic rings. The molecular formula is C28H36N2O3. The van der Waals surface area contributed by atoms with Crippen molar-refractivity contribution in [2.75, 3.05) is 6.54 Å². The largest absolute Gasteiger partial charge is 0.481 e. The van der Waals surface area contributed by atoms with Gasteiger partial charge in [-0.05, 0) is 75.8 Å². The van der Waals surface area contributed by atoms with Crippen LogP contribution in [-0.2, 0) is 16.0 Å². The fourth-order valence-electron chi connectivity index (χ4n) is 5.17. The average molecular weight is 449 g/mol. The molecule has 1 saturated carbocycles. The van der Waals surface area contributed by atoms with Gasteiger partial charge in [0.05, 0.1) is 6.04 Å². The lowest BCUT2D eigenvalue weighted by molar-refractivity contribution is -0.137. The van der Waals surface area contributed by atoms with Gasteiger partial charge < -0.3 is 15.0 Å². The highest BCUT2D eigenvalue weighted by Gasteiger charge is 2.36. The van der Waals surface area contributed by atoms with E-state index in [1.54, 1.807) is 6.92 Å². The molecule has 2 aromatic carbocycles. The molecule has 1 aliphatic heterocycles. The normalized spacial score (nSPS) is 19.3. The first kappa shape index (κ1) is 23.3. The zero-order valence-electron chi connectivity index (χ0n) is 20.3. The molecular weight excluding hydrogens is 412 g/mol. The summed E-state index contributed by atoms with van der Waals surface area (Å²) in [6.45, 7) is 8.46. The predicted molar refractivity (Wildman–Crippen MR) is 130 cm³/mol. The van der Waals surface area contributed by atoms with E-state index in [-0.39, 0.29) is 29.8 Å². The number of nitrogens with one attached hydrogen (secondary N) is 1. The third-order valence-corrected chi connectivity index (χ3v) is 6.80. The van der Waals surface area contributed by atoms with Gasteiger partial charge in [-0.15, -0.1) is 0 Å². The van der Waals surface area contributed by atoms with Gasteiger partial charge in [0.2, 0.25) is 5.91 Å². The minimum atomic E-state index is -0.595. The molecule has 5 heteroatoms. The summed E-state index contributed by atoms with van der Waals surface area (Å²) in [7, 11) is 0. The monoisotopic (exact) mass is 448 g/mol. The number of rotatable bonds is 6. The third-order valence-electron chi connectivity index (χ3n) is 6.80. The number of aryl methyl sites for hydroxylation is 1. The number of hydrogen-bond acceptors (Lipinski definition) is 3. The van der Waals surface area contributed by atoms with E-state index in [1.165, 1.54) is 11.1 Å². The Balaban J connectivity index is 1.68. The summed E-state index contributed by atoms with van der Waals surface area (Å²) in [5.74, 6) is 0.947. The number of hydrogen-bond donors (Lipinski definition) is 1. The molecule has 176 valence electrons. The smallest absolute Gasteiger partial charge is 0.260 e. The molecule has 0 spiro atoms. The van der Waals surface area contributed by atoms with Gasteiger partial charge in [0.1, 0.15) is 5.75 Å². The van der Waals surface area contributed by atoms with Gasteiger partial charge in [-0.1, -0.05) is 48.7 Å². The first-order valence-electron chi connectivity index (χ1n) is 12.3. The Kier molecular flexibility index (Phi) is 7.06. The first-order chi connectivity index (χ1) is 15.8. The number of nitrogens with zero attached hydrogens (tertiary/aromatic N) is 1. The number of fused-ring (bicyclic) bond motifs is 1. The number of benzene rings is 2. The average Bonchev–Trinajstić information content (AvgIpc) is 3.32. The third kappa shape index (κ3) is 5.23. The highest BCUT2D eigenvalue weighted by Crippen LogP contribution is 2.40. The fraction of sp³-hybridized carbons (Fsp3) is 0.500. The van der Waals surface area contributed by atoms with Crippen molar-refractivity contribution in [3.63, 3.8) is 0 Å². The van der Waals surface area contributed by atoms with Crippen molar-refractivity contribution in [1.29, 1.82) is 0 Å². The van der Waals surface area contributed by atoms with Gasteiger partial charge in [0.25, 0.3) is 5.91 Å². The van der Waals surface area contributed by atoms with Gasteiger partial charge in [-0.2, -0.15) is 0 Å². The lowest BCUT2D eigenvalue weighted by Gasteiger charge is -2.39. The second-order valence-electron chi connectivity index (χ2n) is 9.86. The van der Waals surface area contributed by atoms with E-state index >= 15 is 0 Å². The molecule has 0 radical (unpaired) electrons. The summed E-state index contributed by atoms with van der Waals surface area (Å²) in [5, 5.41) is 2.90. The van der Waals surface area contributed by atoms with Crippen LogP contribution in [0.5, 0.6) is 5.75 Å². The molecule has 0 bridgehead atoms. The van der Waals surface area contributed by atoms with Crippen LogP contribution in [0, 0.1) is 12.8 Å². The van der Waals surface area contributed by atoms with E-state index < -0.39 is 6.10 Å². The van der Waals surface area contributed by atoms with Crippen molar-refractivity contribution >= 4 is 11.8 Å². The molecule has 33 heavy (non-hydrogen) atoms. The van der Waals surface area contributed by atoms with Crippen molar-refractivity contribution in [2.24, 2.45) is 5.92 Å². The fourth-order valence-corrected chi connectivity index (χ4v) is 5.17. The SMILES string of the molecule is Cc1cccc(C2c3cc(OC(C)C(=O)NC(C)C)ccc3CCN2C(=O)C2CCCC2)c1. The van der Waals surface area contributed by atoms with Crippen molar-refractivity contribution in [1.82, 2.24) is 10.2 Å². The topological polar surface area (TPSA) is 58.6 Å². The van der Waals surface area contributed by atoms with Crippen molar-refractivity contribution in [3.8, 4) is 5.75 Å². The summed E-state index contributed by atoms with van der Waals surface area (Å²) in [5.41, 5.74) is 4.65. The Morgan fingerprint density at radius 3 is 2.52 bits per heavy atom. The zero-order chi connectivity index (χ0) is 23.5. The van der Waals surface area contributed by atoms with Crippen LogP contribution in [-0.4, -0.2) is 35.4 Å². The minimum Gasteiger partial charge on any atom is -0.481 e. The molecule has 4 rings (SSSR count).